The number of likely N-dealkylation sites (N-methyl/N-ethyl adjacent to an activating group) is 1. The second-order valence-corrected chi connectivity index (χ2v) is 7.72. The Hall–Kier alpha value is -1.73. The van der Waals surface area contributed by atoms with Gasteiger partial charge in [0.25, 0.3) is 0 Å². The topological polar surface area (TPSA) is 58.6 Å². The van der Waals surface area contributed by atoms with Crippen LogP contribution in [0.4, 0.5) is 5.82 Å². The summed E-state index contributed by atoms with van der Waals surface area (Å²) >= 11 is 1.40. The lowest BCUT2D eigenvalue weighted by Gasteiger charge is -2.33. The van der Waals surface area contributed by atoms with Crippen molar-refractivity contribution in [2.45, 2.75) is 20.8 Å². The Bertz CT molecular complexity index is 736. The Balaban J connectivity index is 1.93. The van der Waals surface area contributed by atoms with E-state index in [1.54, 1.807) is 6.33 Å². The number of carbonyl (C=O) groups excluding carboxylic acids is 1. The molecule has 0 atom stereocenters. The number of aryl methyl sites for hydroxylation is 1. The largest absolute Gasteiger partial charge is 0.461 e. The van der Waals surface area contributed by atoms with E-state index in [1.807, 2.05) is 20.8 Å². The monoisotopic (exact) mass is 348 g/mol. The maximum atomic E-state index is 12.4. The summed E-state index contributed by atoms with van der Waals surface area (Å²) in [6.45, 7) is 10.4. The summed E-state index contributed by atoms with van der Waals surface area (Å²) in [5.41, 5.74) is 0.929. The number of nitrogens with zero attached hydrogens (tertiary/aromatic N) is 4. The molecule has 1 aliphatic rings. The molecule has 2 aromatic heterocycles. The number of ether oxygens (including phenoxy) is 1. The van der Waals surface area contributed by atoms with E-state index in [9.17, 15) is 4.79 Å². The number of aromatic nitrogens is 2. The fraction of sp³-hybridized carbons (Fsp3) is 0.588. The number of anilines is 1. The summed E-state index contributed by atoms with van der Waals surface area (Å²) in [4.78, 5) is 27.4. The van der Waals surface area contributed by atoms with Crippen LogP contribution in [-0.4, -0.2) is 60.7 Å². The minimum absolute atomic E-state index is 0.256. The highest BCUT2D eigenvalue weighted by atomic mass is 32.1. The van der Waals surface area contributed by atoms with E-state index < -0.39 is 0 Å². The third-order valence-electron chi connectivity index (χ3n) is 4.24. The molecule has 0 saturated carbocycles. The highest BCUT2D eigenvalue weighted by Crippen LogP contribution is 2.35. The quantitative estimate of drug-likeness (QED) is 0.792. The molecule has 0 bridgehead atoms. The molecule has 1 fully saturated rings. The van der Waals surface area contributed by atoms with Crippen LogP contribution in [0, 0.1) is 12.8 Å². The maximum Gasteiger partial charge on any atom is 0.348 e. The molecule has 130 valence electrons. The van der Waals surface area contributed by atoms with Gasteiger partial charge in [-0.3, -0.25) is 0 Å². The zero-order valence-corrected chi connectivity index (χ0v) is 15.5. The molecule has 24 heavy (non-hydrogen) atoms. The molecule has 0 amide bonds. The van der Waals surface area contributed by atoms with Gasteiger partial charge in [-0.25, -0.2) is 14.8 Å². The van der Waals surface area contributed by atoms with Crippen LogP contribution in [0.1, 0.15) is 29.1 Å². The van der Waals surface area contributed by atoms with E-state index in [0.717, 1.165) is 47.8 Å². The van der Waals surface area contributed by atoms with Crippen LogP contribution in [0.5, 0.6) is 0 Å². The number of esters is 1. The van der Waals surface area contributed by atoms with Crippen molar-refractivity contribution in [3.05, 3.63) is 16.8 Å². The first-order valence-electron chi connectivity index (χ1n) is 8.32. The second-order valence-electron chi connectivity index (χ2n) is 6.72. The molecule has 2 aromatic rings. The highest BCUT2D eigenvalue weighted by molar-refractivity contribution is 7.20. The third-order valence-corrected chi connectivity index (χ3v) is 5.42. The molecule has 0 spiro atoms. The summed E-state index contributed by atoms with van der Waals surface area (Å²) in [5.74, 6) is 1.00. The third kappa shape index (κ3) is 3.37. The molecule has 6 nitrogen and oxygen atoms in total. The molecule has 3 heterocycles. The standard InChI is InChI=1S/C17H24N4O2S/c1-11(2)9-23-17(22)14-12(3)13-15(18-10-19-16(13)24-14)21-7-5-20(4)6-8-21/h10-11H,5-9H2,1-4H3. The van der Waals surface area contributed by atoms with Gasteiger partial charge in [0, 0.05) is 26.2 Å². The zero-order chi connectivity index (χ0) is 17.3. The molecule has 0 unspecified atom stereocenters. The summed E-state index contributed by atoms with van der Waals surface area (Å²) < 4.78 is 5.40. The lowest BCUT2D eigenvalue weighted by molar-refractivity contribution is 0.0464. The van der Waals surface area contributed by atoms with Crippen LogP contribution in [0.25, 0.3) is 10.2 Å². The molecule has 1 saturated heterocycles. The fourth-order valence-electron chi connectivity index (χ4n) is 2.81. The van der Waals surface area contributed by atoms with Gasteiger partial charge in [-0.2, -0.15) is 0 Å². The van der Waals surface area contributed by atoms with Crippen LogP contribution in [-0.2, 0) is 4.74 Å². The van der Waals surface area contributed by atoms with Gasteiger partial charge in [-0.15, -0.1) is 11.3 Å². The molecule has 0 aromatic carbocycles. The number of carbonyl (C=O) groups is 1. The van der Waals surface area contributed by atoms with E-state index in [4.69, 9.17) is 4.74 Å². The molecular formula is C17H24N4O2S. The Labute approximate surface area is 146 Å². The molecule has 1 aliphatic heterocycles. The lowest BCUT2D eigenvalue weighted by Crippen LogP contribution is -2.44. The van der Waals surface area contributed by atoms with E-state index in [-0.39, 0.29) is 5.97 Å². The molecule has 0 aliphatic carbocycles. The lowest BCUT2D eigenvalue weighted by atomic mass is 10.2. The summed E-state index contributed by atoms with van der Waals surface area (Å²) in [5, 5.41) is 0.989. The van der Waals surface area contributed by atoms with Gasteiger partial charge in [0.05, 0.1) is 12.0 Å². The Morgan fingerprint density at radius 1 is 1.29 bits per heavy atom. The van der Waals surface area contributed by atoms with Gasteiger partial charge < -0.3 is 14.5 Å². The van der Waals surface area contributed by atoms with Crippen molar-refractivity contribution in [2.24, 2.45) is 5.92 Å². The summed E-state index contributed by atoms with van der Waals surface area (Å²) in [6, 6.07) is 0. The minimum atomic E-state index is -0.256. The average molecular weight is 348 g/mol. The summed E-state index contributed by atoms with van der Waals surface area (Å²) in [7, 11) is 2.13. The number of rotatable bonds is 4. The molecule has 7 heteroatoms. The number of hydrogen-bond donors (Lipinski definition) is 0. The van der Waals surface area contributed by atoms with Crippen molar-refractivity contribution >= 4 is 33.3 Å². The van der Waals surface area contributed by atoms with Crippen LogP contribution >= 0.6 is 11.3 Å². The van der Waals surface area contributed by atoms with Gasteiger partial charge in [-0.05, 0) is 25.5 Å². The molecule has 0 radical (unpaired) electrons. The zero-order valence-electron chi connectivity index (χ0n) is 14.7. The van der Waals surface area contributed by atoms with E-state index in [0.29, 0.717) is 17.4 Å². The first-order chi connectivity index (χ1) is 11.5. The SMILES string of the molecule is Cc1c(C(=O)OCC(C)C)sc2ncnc(N3CCN(C)CC3)c12. The Morgan fingerprint density at radius 2 is 2.00 bits per heavy atom. The van der Waals surface area contributed by atoms with Crippen molar-refractivity contribution in [1.29, 1.82) is 0 Å². The number of fused-ring (bicyclic) bond motifs is 1. The normalized spacial score (nSPS) is 16.1. The minimum Gasteiger partial charge on any atom is -0.461 e. The number of thiophene rings is 1. The number of hydrogen-bond acceptors (Lipinski definition) is 7. The molecular weight excluding hydrogens is 324 g/mol. The Kier molecular flexibility index (Phi) is 5.01. The van der Waals surface area contributed by atoms with Gasteiger partial charge in [0.1, 0.15) is 21.9 Å². The smallest absolute Gasteiger partial charge is 0.348 e. The van der Waals surface area contributed by atoms with E-state index in [2.05, 4.69) is 26.8 Å². The van der Waals surface area contributed by atoms with Crippen LogP contribution in [0.3, 0.4) is 0 Å². The first kappa shape index (κ1) is 17.1. The van der Waals surface area contributed by atoms with Crippen LogP contribution in [0.2, 0.25) is 0 Å². The number of piperazine rings is 1. The predicted molar refractivity (Wildman–Crippen MR) is 97.0 cm³/mol. The van der Waals surface area contributed by atoms with Gasteiger partial charge >= 0.3 is 5.97 Å². The molecule has 3 rings (SSSR count). The van der Waals surface area contributed by atoms with Gasteiger partial charge in [0.15, 0.2) is 0 Å². The predicted octanol–water partition coefficient (Wildman–Crippen LogP) is 2.56. The summed E-state index contributed by atoms with van der Waals surface area (Å²) in [6.07, 6.45) is 1.59. The van der Waals surface area contributed by atoms with Crippen molar-refractivity contribution in [1.82, 2.24) is 14.9 Å². The second kappa shape index (κ2) is 7.03. The molecule has 0 N–H and O–H groups in total. The highest BCUT2D eigenvalue weighted by Gasteiger charge is 2.24. The van der Waals surface area contributed by atoms with Crippen molar-refractivity contribution in [2.75, 3.05) is 44.7 Å². The van der Waals surface area contributed by atoms with Gasteiger partial charge in [-0.1, -0.05) is 13.8 Å². The van der Waals surface area contributed by atoms with Gasteiger partial charge in [0.2, 0.25) is 0 Å². The Morgan fingerprint density at radius 3 is 2.67 bits per heavy atom. The van der Waals surface area contributed by atoms with Crippen molar-refractivity contribution in [3.8, 4) is 0 Å². The van der Waals surface area contributed by atoms with Crippen molar-refractivity contribution < 1.29 is 9.53 Å². The van der Waals surface area contributed by atoms with Crippen LogP contribution < -0.4 is 4.90 Å². The van der Waals surface area contributed by atoms with Crippen LogP contribution in [0.15, 0.2) is 6.33 Å². The maximum absolute atomic E-state index is 12.4. The van der Waals surface area contributed by atoms with E-state index >= 15 is 0 Å². The average Bonchev–Trinajstić information content (AvgIpc) is 2.90. The fourth-order valence-corrected chi connectivity index (χ4v) is 3.85. The van der Waals surface area contributed by atoms with Crippen molar-refractivity contribution in [3.63, 3.8) is 0 Å². The first-order valence-corrected chi connectivity index (χ1v) is 9.13. The van der Waals surface area contributed by atoms with E-state index in [1.165, 1.54) is 11.3 Å².